The van der Waals surface area contributed by atoms with Gasteiger partial charge in [-0.05, 0) is 5.92 Å². The van der Waals surface area contributed by atoms with Crippen LogP contribution in [-0.4, -0.2) is 42.7 Å². The Morgan fingerprint density at radius 1 is 1.11 bits per heavy atom. The third kappa shape index (κ3) is 3.35. The highest BCUT2D eigenvalue weighted by molar-refractivity contribution is 5.52. The van der Waals surface area contributed by atoms with E-state index in [1.165, 1.54) is 0 Å². The van der Waals surface area contributed by atoms with Gasteiger partial charge in [0.05, 0.1) is 0 Å². The van der Waals surface area contributed by atoms with E-state index in [-0.39, 0.29) is 11.4 Å². The summed E-state index contributed by atoms with van der Waals surface area (Å²) >= 11 is 0. The lowest BCUT2D eigenvalue weighted by molar-refractivity contribution is 0.230. The molecule has 106 valence electrons. The maximum Gasteiger partial charge on any atom is 0.153 e. The molecule has 0 radical (unpaired) electrons. The summed E-state index contributed by atoms with van der Waals surface area (Å²) in [5, 5.41) is 9.15. The summed E-state index contributed by atoms with van der Waals surface area (Å²) in [5.41, 5.74) is -0.0259. The Labute approximate surface area is 112 Å². The first-order valence-corrected chi connectivity index (χ1v) is 6.62. The van der Waals surface area contributed by atoms with Crippen molar-refractivity contribution in [2.45, 2.75) is 13.8 Å². The lowest BCUT2D eigenvalue weighted by Gasteiger charge is -2.37. The van der Waals surface area contributed by atoms with E-state index < -0.39 is 11.6 Å². The van der Waals surface area contributed by atoms with Gasteiger partial charge in [-0.1, -0.05) is 13.8 Å². The predicted molar refractivity (Wildman–Crippen MR) is 71.5 cm³/mol. The van der Waals surface area contributed by atoms with Gasteiger partial charge in [-0.3, -0.25) is 4.90 Å². The van der Waals surface area contributed by atoms with Gasteiger partial charge in [0.15, 0.2) is 11.6 Å². The third-order valence-electron chi connectivity index (χ3n) is 3.31. The third-order valence-corrected chi connectivity index (χ3v) is 3.31. The van der Waals surface area contributed by atoms with Crippen molar-refractivity contribution in [2.24, 2.45) is 5.92 Å². The highest BCUT2D eigenvalue weighted by Crippen LogP contribution is 2.28. The number of nitrogens with zero attached hydrogens (tertiary/aromatic N) is 2. The SMILES string of the molecule is CC(C)CN1CCN(c2c(F)cc(O)cc2F)CC1. The van der Waals surface area contributed by atoms with Crippen LogP contribution >= 0.6 is 0 Å². The molecule has 1 heterocycles. The van der Waals surface area contributed by atoms with Crippen LogP contribution in [0.2, 0.25) is 0 Å². The van der Waals surface area contributed by atoms with Gasteiger partial charge < -0.3 is 10.0 Å². The van der Waals surface area contributed by atoms with Crippen LogP contribution in [0.3, 0.4) is 0 Å². The minimum atomic E-state index is -0.699. The van der Waals surface area contributed by atoms with Crippen molar-refractivity contribution >= 4 is 5.69 Å². The number of piperazine rings is 1. The number of benzene rings is 1. The monoisotopic (exact) mass is 270 g/mol. The number of anilines is 1. The zero-order valence-electron chi connectivity index (χ0n) is 11.4. The molecular weight excluding hydrogens is 250 g/mol. The van der Waals surface area contributed by atoms with Crippen LogP contribution < -0.4 is 4.90 Å². The van der Waals surface area contributed by atoms with Crippen LogP contribution in [0.4, 0.5) is 14.5 Å². The summed E-state index contributed by atoms with van der Waals surface area (Å²) in [7, 11) is 0. The summed E-state index contributed by atoms with van der Waals surface area (Å²) in [4.78, 5) is 4.01. The standard InChI is InChI=1S/C14H20F2N2O/c1-10(2)9-17-3-5-18(6-4-17)14-12(15)7-11(19)8-13(14)16/h7-8,10,19H,3-6,9H2,1-2H3. The van der Waals surface area contributed by atoms with Gasteiger partial charge in [0.2, 0.25) is 0 Å². The van der Waals surface area contributed by atoms with Gasteiger partial charge in [-0.15, -0.1) is 0 Å². The molecule has 0 bridgehead atoms. The zero-order chi connectivity index (χ0) is 14.0. The molecule has 0 unspecified atom stereocenters. The van der Waals surface area contributed by atoms with E-state index in [1.807, 2.05) is 0 Å². The highest BCUT2D eigenvalue weighted by Gasteiger charge is 2.23. The van der Waals surface area contributed by atoms with Crippen molar-refractivity contribution in [1.82, 2.24) is 4.90 Å². The number of aromatic hydroxyl groups is 1. The first kappa shape index (κ1) is 14.1. The van der Waals surface area contributed by atoms with Crippen molar-refractivity contribution in [2.75, 3.05) is 37.6 Å². The van der Waals surface area contributed by atoms with E-state index in [2.05, 4.69) is 18.7 Å². The Morgan fingerprint density at radius 2 is 1.63 bits per heavy atom. The first-order valence-electron chi connectivity index (χ1n) is 6.62. The number of halogens is 2. The molecule has 1 aliphatic heterocycles. The van der Waals surface area contributed by atoms with Gasteiger partial charge in [-0.2, -0.15) is 0 Å². The minimum absolute atomic E-state index is 0.0259. The molecule has 1 saturated heterocycles. The molecule has 2 rings (SSSR count). The summed E-state index contributed by atoms with van der Waals surface area (Å²) in [5.74, 6) is -1.18. The molecule has 1 aromatic rings. The Kier molecular flexibility index (Phi) is 4.24. The summed E-state index contributed by atoms with van der Waals surface area (Å²) in [6.07, 6.45) is 0. The topological polar surface area (TPSA) is 26.7 Å². The molecule has 0 amide bonds. The number of hydrogen-bond acceptors (Lipinski definition) is 3. The van der Waals surface area contributed by atoms with Gasteiger partial charge in [0.1, 0.15) is 11.4 Å². The average Bonchev–Trinajstić information content (AvgIpc) is 2.29. The minimum Gasteiger partial charge on any atom is -0.508 e. The average molecular weight is 270 g/mol. The van der Waals surface area contributed by atoms with Crippen molar-refractivity contribution < 1.29 is 13.9 Å². The summed E-state index contributed by atoms with van der Waals surface area (Å²) in [6, 6.07) is 1.91. The Bertz CT molecular complexity index is 420. The molecule has 0 saturated carbocycles. The highest BCUT2D eigenvalue weighted by atomic mass is 19.1. The largest absolute Gasteiger partial charge is 0.508 e. The fourth-order valence-electron chi connectivity index (χ4n) is 2.52. The zero-order valence-corrected chi connectivity index (χ0v) is 11.4. The number of phenols is 1. The second kappa shape index (κ2) is 5.74. The van der Waals surface area contributed by atoms with Crippen LogP contribution in [0.25, 0.3) is 0 Å². The lowest BCUT2D eigenvalue weighted by atomic mass is 10.1. The molecule has 5 heteroatoms. The van der Waals surface area contributed by atoms with Crippen molar-refractivity contribution in [3.05, 3.63) is 23.8 Å². The normalized spacial score (nSPS) is 17.2. The maximum atomic E-state index is 13.7. The van der Waals surface area contributed by atoms with E-state index in [4.69, 9.17) is 5.11 Å². The van der Waals surface area contributed by atoms with Crippen molar-refractivity contribution in [3.8, 4) is 5.75 Å². The molecule has 0 aromatic heterocycles. The van der Waals surface area contributed by atoms with E-state index >= 15 is 0 Å². The number of rotatable bonds is 3. The molecule has 1 aromatic carbocycles. The molecule has 1 aliphatic rings. The first-order chi connectivity index (χ1) is 8.97. The molecular formula is C14H20F2N2O. The fraction of sp³-hybridized carbons (Fsp3) is 0.571. The molecule has 19 heavy (non-hydrogen) atoms. The fourth-order valence-corrected chi connectivity index (χ4v) is 2.52. The van der Waals surface area contributed by atoms with E-state index in [0.717, 1.165) is 31.8 Å². The Hall–Kier alpha value is -1.36. The lowest BCUT2D eigenvalue weighted by Crippen LogP contribution is -2.48. The Morgan fingerprint density at radius 3 is 2.11 bits per heavy atom. The van der Waals surface area contributed by atoms with E-state index in [1.54, 1.807) is 4.90 Å². The van der Waals surface area contributed by atoms with Crippen LogP contribution in [0.15, 0.2) is 12.1 Å². The maximum absolute atomic E-state index is 13.7. The second-order valence-electron chi connectivity index (χ2n) is 5.44. The summed E-state index contributed by atoms with van der Waals surface area (Å²) < 4.78 is 27.5. The quantitative estimate of drug-likeness (QED) is 0.914. The predicted octanol–water partition coefficient (Wildman–Crippen LogP) is 2.45. The second-order valence-corrected chi connectivity index (χ2v) is 5.44. The Balaban J connectivity index is 2.06. The van der Waals surface area contributed by atoms with Gasteiger partial charge in [-0.25, -0.2) is 8.78 Å². The van der Waals surface area contributed by atoms with Crippen LogP contribution in [0.5, 0.6) is 5.75 Å². The number of hydrogen-bond donors (Lipinski definition) is 1. The van der Waals surface area contributed by atoms with Crippen LogP contribution in [-0.2, 0) is 0 Å². The molecule has 1 fully saturated rings. The van der Waals surface area contributed by atoms with Gasteiger partial charge >= 0.3 is 0 Å². The summed E-state index contributed by atoms with van der Waals surface area (Å²) in [6.45, 7) is 8.14. The van der Waals surface area contributed by atoms with Crippen LogP contribution in [0, 0.1) is 17.6 Å². The smallest absolute Gasteiger partial charge is 0.153 e. The van der Waals surface area contributed by atoms with Gasteiger partial charge in [0, 0.05) is 44.9 Å². The molecule has 0 aliphatic carbocycles. The van der Waals surface area contributed by atoms with Crippen molar-refractivity contribution in [1.29, 1.82) is 0 Å². The van der Waals surface area contributed by atoms with Gasteiger partial charge in [0.25, 0.3) is 0 Å². The number of phenolic OH excluding ortho intramolecular Hbond substituents is 1. The molecule has 0 atom stereocenters. The van der Waals surface area contributed by atoms with Crippen LogP contribution in [0.1, 0.15) is 13.8 Å². The molecule has 3 nitrogen and oxygen atoms in total. The molecule has 0 spiro atoms. The van der Waals surface area contributed by atoms with E-state index in [0.29, 0.717) is 19.0 Å². The van der Waals surface area contributed by atoms with Crippen molar-refractivity contribution in [3.63, 3.8) is 0 Å². The van der Waals surface area contributed by atoms with E-state index in [9.17, 15) is 8.78 Å². The molecule has 1 N–H and O–H groups in total.